The van der Waals surface area contributed by atoms with Crippen LogP contribution in [0.3, 0.4) is 0 Å². The van der Waals surface area contributed by atoms with Crippen molar-refractivity contribution in [3.8, 4) is 27.3 Å². The zero-order valence-corrected chi connectivity index (χ0v) is 17.8. The molecule has 30 heavy (non-hydrogen) atoms. The standard InChI is InChI=1S/C22H21F3N2O2S/c1-11-20(30-16(27-11)10-26-21(29)22(2,3)4)13-7-5-6-12(8-13)14-9-15(23)19(28)18(25)17(14)24/h5-9,28H,10H2,1-4H3,(H,26,29). The van der Waals surface area contributed by atoms with Gasteiger partial charge in [0.1, 0.15) is 5.01 Å². The zero-order chi connectivity index (χ0) is 22.2. The highest BCUT2D eigenvalue weighted by molar-refractivity contribution is 7.15. The van der Waals surface area contributed by atoms with Gasteiger partial charge < -0.3 is 10.4 Å². The van der Waals surface area contributed by atoms with Crippen LogP contribution in [0.25, 0.3) is 21.6 Å². The molecule has 0 unspecified atom stereocenters. The molecule has 3 rings (SSSR count). The molecule has 0 aliphatic heterocycles. The highest BCUT2D eigenvalue weighted by Crippen LogP contribution is 2.36. The van der Waals surface area contributed by atoms with E-state index in [1.165, 1.54) is 17.4 Å². The second-order valence-electron chi connectivity index (χ2n) is 7.92. The number of nitrogens with one attached hydrogen (secondary N) is 1. The van der Waals surface area contributed by atoms with E-state index in [1.54, 1.807) is 18.2 Å². The molecule has 0 fully saturated rings. The van der Waals surface area contributed by atoms with E-state index in [9.17, 15) is 23.1 Å². The van der Waals surface area contributed by atoms with Gasteiger partial charge in [-0.15, -0.1) is 11.3 Å². The summed E-state index contributed by atoms with van der Waals surface area (Å²) in [6, 6.07) is 7.32. The molecule has 0 atom stereocenters. The minimum absolute atomic E-state index is 0.0919. The van der Waals surface area contributed by atoms with Crippen LogP contribution >= 0.6 is 11.3 Å². The third-order valence-corrected chi connectivity index (χ3v) is 5.70. The number of phenolic OH excluding ortho intramolecular Hbond substituents is 1. The van der Waals surface area contributed by atoms with Crippen LogP contribution in [0.4, 0.5) is 13.2 Å². The van der Waals surface area contributed by atoms with Gasteiger partial charge in [-0.1, -0.05) is 39.0 Å². The third-order valence-electron chi connectivity index (χ3n) is 4.49. The van der Waals surface area contributed by atoms with Crippen LogP contribution < -0.4 is 5.32 Å². The molecule has 3 aromatic rings. The topological polar surface area (TPSA) is 62.2 Å². The number of aryl methyl sites for hydroxylation is 1. The summed E-state index contributed by atoms with van der Waals surface area (Å²) in [6.07, 6.45) is 0. The van der Waals surface area contributed by atoms with E-state index in [2.05, 4.69) is 10.3 Å². The average Bonchev–Trinajstić information content (AvgIpc) is 3.07. The van der Waals surface area contributed by atoms with Crippen molar-refractivity contribution in [2.75, 3.05) is 0 Å². The summed E-state index contributed by atoms with van der Waals surface area (Å²) in [4.78, 5) is 17.3. The van der Waals surface area contributed by atoms with E-state index in [4.69, 9.17) is 0 Å². The number of carbonyl (C=O) groups excluding carboxylic acids is 1. The number of phenols is 1. The predicted molar refractivity (Wildman–Crippen MR) is 111 cm³/mol. The Morgan fingerprint density at radius 3 is 2.47 bits per heavy atom. The van der Waals surface area contributed by atoms with Gasteiger partial charge in [0.25, 0.3) is 0 Å². The number of hydrogen-bond donors (Lipinski definition) is 2. The van der Waals surface area contributed by atoms with Crippen molar-refractivity contribution in [3.63, 3.8) is 0 Å². The molecule has 0 bridgehead atoms. The van der Waals surface area contributed by atoms with Crippen molar-refractivity contribution in [2.24, 2.45) is 5.41 Å². The maximum absolute atomic E-state index is 14.3. The predicted octanol–water partition coefficient (Wildman–Crippen LogP) is 5.57. The van der Waals surface area contributed by atoms with Crippen LogP contribution in [-0.2, 0) is 11.3 Å². The lowest BCUT2D eigenvalue weighted by atomic mass is 9.96. The van der Waals surface area contributed by atoms with E-state index in [-0.39, 0.29) is 23.6 Å². The van der Waals surface area contributed by atoms with Crippen LogP contribution in [0.2, 0.25) is 0 Å². The van der Waals surface area contributed by atoms with Gasteiger partial charge in [-0.05, 0) is 30.2 Å². The average molecular weight is 434 g/mol. The summed E-state index contributed by atoms with van der Waals surface area (Å²) in [5.74, 6) is -5.61. The number of halogens is 3. The minimum atomic E-state index is -1.62. The molecule has 2 aromatic carbocycles. The van der Waals surface area contributed by atoms with Gasteiger partial charge in [0.2, 0.25) is 11.7 Å². The van der Waals surface area contributed by atoms with Gasteiger partial charge >= 0.3 is 0 Å². The third kappa shape index (κ3) is 4.33. The summed E-state index contributed by atoms with van der Waals surface area (Å²) in [6.45, 7) is 7.56. The summed E-state index contributed by atoms with van der Waals surface area (Å²) in [7, 11) is 0. The molecule has 0 saturated heterocycles. The molecule has 0 aliphatic rings. The van der Waals surface area contributed by atoms with E-state index < -0.39 is 28.6 Å². The number of nitrogens with zero attached hydrogens (tertiary/aromatic N) is 1. The lowest BCUT2D eigenvalue weighted by molar-refractivity contribution is -0.128. The number of aromatic hydroxyl groups is 1. The Bertz CT molecular complexity index is 1120. The van der Waals surface area contributed by atoms with Crippen molar-refractivity contribution >= 4 is 17.2 Å². The van der Waals surface area contributed by atoms with Gasteiger partial charge in [-0.3, -0.25) is 4.79 Å². The van der Waals surface area contributed by atoms with Crippen LogP contribution in [0.15, 0.2) is 30.3 Å². The minimum Gasteiger partial charge on any atom is -0.503 e. The van der Waals surface area contributed by atoms with Gasteiger partial charge in [-0.25, -0.2) is 13.8 Å². The van der Waals surface area contributed by atoms with Gasteiger partial charge in [-0.2, -0.15) is 4.39 Å². The Balaban J connectivity index is 1.92. The molecule has 0 radical (unpaired) electrons. The number of benzene rings is 2. The summed E-state index contributed by atoms with van der Waals surface area (Å²) < 4.78 is 41.8. The smallest absolute Gasteiger partial charge is 0.225 e. The zero-order valence-electron chi connectivity index (χ0n) is 16.9. The molecule has 1 aromatic heterocycles. The summed E-state index contributed by atoms with van der Waals surface area (Å²) in [5, 5.41) is 12.8. The van der Waals surface area contributed by atoms with E-state index >= 15 is 0 Å². The molecule has 0 saturated carbocycles. The second-order valence-corrected chi connectivity index (χ2v) is 9.00. The Labute approximate surface area is 176 Å². The van der Waals surface area contributed by atoms with Crippen molar-refractivity contribution in [3.05, 3.63) is 58.5 Å². The number of thiazole rings is 1. The molecular formula is C22H21F3N2O2S. The maximum atomic E-state index is 14.3. The molecule has 1 heterocycles. The number of carbonyl (C=O) groups is 1. The normalized spacial score (nSPS) is 11.6. The van der Waals surface area contributed by atoms with Crippen molar-refractivity contribution in [2.45, 2.75) is 34.2 Å². The fourth-order valence-corrected chi connectivity index (χ4v) is 3.84. The highest BCUT2D eigenvalue weighted by Gasteiger charge is 2.22. The van der Waals surface area contributed by atoms with Gasteiger partial charge in [0.05, 0.1) is 17.1 Å². The van der Waals surface area contributed by atoms with Crippen molar-refractivity contribution in [1.29, 1.82) is 0 Å². The van der Waals surface area contributed by atoms with E-state index in [1.807, 2.05) is 27.7 Å². The number of amides is 1. The molecular weight excluding hydrogens is 413 g/mol. The summed E-state index contributed by atoms with van der Waals surface area (Å²) >= 11 is 1.37. The first-order valence-corrected chi connectivity index (χ1v) is 10.0. The molecule has 158 valence electrons. The number of rotatable bonds is 4. The molecule has 1 amide bonds. The molecule has 0 spiro atoms. The quantitative estimate of drug-likeness (QED) is 0.528. The van der Waals surface area contributed by atoms with E-state index in [0.29, 0.717) is 10.6 Å². The van der Waals surface area contributed by atoms with Crippen LogP contribution in [0.1, 0.15) is 31.5 Å². The van der Waals surface area contributed by atoms with Crippen LogP contribution in [0.5, 0.6) is 5.75 Å². The molecule has 4 nitrogen and oxygen atoms in total. The SMILES string of the molecule is Cc1nc(CNC(=O)C(C)(C)C)sc1-c1cccc(-c2cc(F)c(O)c(F)c2F)c1. The molecule has 0 aliphatic carbocycles. The lowest BCUT2D eigenvalue weighted by Crippen LogP contribution is -2.34. The Hall–Kier alpha value is -2.87. The van der Waals surface area contributed by atoms with Gasteiger partial charge in [0.15, 0.2) is 17.4 Å². The van der Waals surface area contributed by atoms with Gasteiger partial charge in [0, 0.05) is 11.0 Å². The fraction of sp³-hybridized carbons (Fsp3) is 0.273. The van der Waals surface area contributed by atoms with Crippen molar-refractivity contribution in [1.82, 2.24) is 10.3 Å². The summed E-state index contributed by atoms with van der Waals surface area (Å²) in [5.41, 5.74) is 0.884. The Morgan fingerprint density at radius 2 is 1.80 bits per heavy atom. The number of hydrogen-bond acceptors (Lipinski definition) is 4. The maximum Gasteiger partial charge on any atom is 0.225 e. The number of aromatic nitrogens is 1. The Morgan fingerprint density at radius 1 is 1.13 bits per heavy atom. The first-order chi connectivity index (χ1) is 14.0. The molecule has 2 N–H and O–H groups in total. The lowest BCUT2D eigenvalue weighted by Gasteiger charge is -2.16. The first kappa shape index (κ1) is 21.8. The monoisotopic (exact) mass is 434 g/mol. The largest absolute Gasteiger partial charge is 0.503 e. The van der Waals surface area contributed by atoms with Crippen molar-refractivity contribution < 1.29 is 23.1 Å². The molecule has 8 heteroatoms. The second kappa shape index (κ2) is 8.10. The first-order valence-electron chi connectivity index (χ1n) is 9.21. The fourth-order valence-electron chi connectivity index (χ4n) is 2.84. The van der Waals surface area contributed by atoms with E-state index in [0.717, 1.165) is 16.6 Å². The van der Waals surface area contributed by atoms with Crippen LogP contribution in [-0.4, -0.2) is 16.0 Å². The van der Waals surface area contributed by atoms with Crippen LogP contribution in [0, 0.1) is 29.8 Å². The Kier molecular flexibility index (Phi) is 5.90. The highest BCUT2D eigenvalue weighted by atomic mass is 32.1.